The third kappa shape index (κ3) is 5.01. The summed E-state index contributed by atoms with van der Waals surface area (Å²) in [6.45, 7) is 4.29. The second-order valence-corrected chi connectivity index (χ2v) is 7.55. The van der Waals surface area contributed by atoms with Crippen LogP contribution in [0.25, 0.3) is 0 Å². The number of benzene rings is 2. The molecule has 0 saturated carbocycles. The number of hydrogen-bond acceptors (Lipinski definition) is 6. The predicted molar refractivity (Wildman–Crippen MR) is 109 cm³/mol. The van der Waals surface area contributed by atoms with Crippen LogP contribution in [-0.4, -0.2) is 51.0 Å². The van der Waals surface area contributed by atoms with Crippen LogP contribution in [0.5, 0.6) is 17.2 Å². The van der Waals surface area contributed by atoms with E-state index in [2.05, 4.69) is 17.0 Å². The zero-order chi connectivity index (χ0) is 20.1. The summed E-state index contributed by atoms with van der Waals surface area (Å²) in [6.07, 6.45) is 3.30. The standard InChI is InChI=1S/C23H27NO5/c1-26-23(25)19-3-5-20(6-4-19)27-15-18-9-12-24(13-10-18)11-8-17-2-7-21-22(14-17)29-16-28-21/h2-7,14,18H,8-13,15-16H2,1H3. The zero-order valence-corrected chi connectivity index (χ0v) is 16.8. The number of likely N-dealkylation sites (tertiary alicyclic amines) is 1. The van der Waals surface area contributed by atoms with Gasteiger partial charge in [0.1, 0.15) is 5.75 Å². The molecule has 1 fully saturated rings. The maximum absolute atomic E-state index is 11.5. The molecule has 1 saturated heterocycles. The quantitative estimate of drug-likeness (QED) is 0.666. The van der Waals surface area contributed by atoms with Gasteiger partial charge < -0.3 is 23.8 Å². The van der Waals surface area contributed by atoms with Crippen LogP contribution in [-0.2, 0) is 11.2 Å². The Hall–Kier alpha value is -2.73. The van der Waals surface area contributed by atoms with Crippen molar-refractivity contribution in [1.82, 2.24) is 4.90 Å². The Kier molecular flexibility index (Phi) is 6.20. The number of nitrogens with zero attached hydrogens (tertiary/aromatic N) is 1. The molecule has 0 aliphatic carbocycles. The predicted octanol–water partition coefficient (Wildman–Crippen LogP) is 3.54. The molecular formula is C23H27NO5. The van der Waals surface area contributed by atoms with Gasteiger partial charge in [0.15, 0.2) is 11.5 Å². The lowest BCUT2D eigenvalue weighted by Gasteiger charge is -2.31. The Balaban J connectivity index is 1.17. The van der Waals surface area contributed by atoms with Gasteiger partial charge in [0.2, 0.25) is 6.79 Å². The van der Waals surface area contributed by atoms with Crippen molar-refractivity contribution >= 4 is 5.97 Å². The summed E-state index contributed by atoms with van der Waals surface area (Å²) in [5, 5.41) is 0. The van der Waals surface area contributed by atoms with E-state index in [0.717, 1.165) is 56.1 Å². The van der Waals surface area contributed by atoms with Crippen molar-refractivity contribution in [1.29, 1.82) is 0 Å². The second-order valence-electron chi connectivity index (χ2n) is 7.55. The highest BCUT2D eigenvalue weighted by Gasteiger charge is 2.20. The summed E-state index contributed by atoms with van der Waals surface area (Å²) in [5.74, 6) is 2.73. The first-order valence-corrected chi connectivity index (χ1v) is 10.1. The number of rotatable bonds is 7. The van der Waals surface area contributed by atoms with Crippen molar-refractivity contribution in [2.75, 3.05) is 40.1 Å². The fourth-order valence-electron chi connectivity index (χ4n) is 3.78. The van der Waals surface area contributed by atoms with Crippen molar-refractivity contribution in [3.8, 4) is 17.2 Å². The van der Waals surface area contributed by atoms with Gasteiger partial charge in [-0.3, -0.25) is 0 Å². The molecule has 0 bridgehead atoms. The van der Waals surface area contributed by atoms with Crippen LogP contribution in [0.15, 0.2) is 42.5 Å². The van der Waals surface area contributed by atoms with Crippen LogP contribution in [0, 0.1) is 5.92 Å². The molecule has 6 nitrogen and oxygen atoms in total. The number of ether oxygens (including phenoxy) is 4. The normalized spacial score (nSPS) is 16.6. The van der Waals surface area contributed by atoms with E-state index < -0.39 is 0 Å². The number of piperidine rings is 1. The van der Waals surface area contributed by atoms with E-state index in [-0.39, 0.29) is 5.97 Å². The number of hydrogen-bond donors (Lipinski definition) is 0. The van der Waals surface area contributed by atoms with E-state index in [1.54, 1.807) is 12.1 Å². The minimum Gasteiger partial charge on any atom is -0.493 e. The maximum atomic E-state index is 11.5. The van der Waals surface area contributed by atoms with Crippen molar-refractivity contribution in [2.24, 2.45) is 5.92 Å². The number of methoxy groups -OCH3 is 1. The minimum absolute atomic E-state index is 0.323. The Morgan fingerprint density at radius 1 is 1.07 bits per heavy atom. The van der Waals surface area contributed by atoms with Gasteiger partial charge in [-0.05, 0) is 80.2 Å². The topological polar surface area (TPSA) is 57.2 Å². The van der Waals surface area contributed by atoms with Crippen LogP contribution in [0.3, 0.4) is 0 Å². The summed E-state index contributed by atoms with van der Waals surface area (Å²) in [5.41, 5.74) is 1.82. The average molecular weight is 397 g/mol. The summed E-state index contributed by atoms with van der Waals surface area (Å²) in [4.78, 5) is 14.0. The molecule has 2 aliphatic rings. The summed E-state index contributed by atoms with van der Waals surface area (Å²) >= 11 is 0. The van der Waals surface area contributed by atoms with Gasteiger partial charge in [-0.25, -0.2) is 4.79 Å². The Morgan fingerprint density at radius 3 is 2.59 bits per heavy atom. The molecule has 0 atom stereocenters. The van der Waals surface area contributed by atoms with E-state index in [4.69, 9.17) is 18.9 Å². The number of fused-ring (bicyclic) bond motifs is 1. The SMILES string of the molecule is COC(=O)c1ccc(OCC2CCN(CCc3ccc4c(c3)OCO4)CC2)cc1. The molecule has 0 unspecified atom stereocenters. The number of carbonyl (C=O) groups excluding carboxylic acids is 1. The molecule has 0 N–H and O–H groups in total. The van der Waals surface area contributed by atoms with Crippen LogP contribution >= 0.6 is 0 Å². The molecule has 2 heterocycles. The molecule has 29 heavy (non-hydrogen) atoms. The van der Waals surface area contributed by atoms with Crippen molar-refractivity contribution in [2.45, 2.75) is 19.3 Å². The lowest BCUT2D eigenvalue weighted by Crippen LogP contribution is -2.36. The van der Waals surface area contributed by atoms with Gasteiger partial charge in [0.25, 0.3) is 0 Å². The second kappa shape index (κ2) is 9.18. The highest BCUT2D eigenvalue weighted by molar-refractivity contribution is 5.89. The van der Waals surface area contributed by atoms with E-state index in [1.165, 1.54) is 12.7 Å². The molecule has 2 aromatic carbocycles. The molecule has 2 aromatic rings. The van der Waals surface area contributed by atoms with Gasteiger partial charge >= 0.3 is 5.97 Å². The van der Waals surface area contributed by atoms with Crippen molar-refractivity contribution in [3.63, 3.8) is 0 Å². The summed E-state index contributed by atoms with van der Waals surface area (Å²) < 4.78 is 21.5. The molecule has 0 spiro atoms. The van der Waals surface area contributed by atoms with Gasteiger partial charge in [-0.1, -0.05) is 6.07 Å². The third-order valence-electron chi connectivity index (χ3n) is 5.62. The average Bonchev–Trinajstić information content (AvgIpc) is 3.25. The molecule has 2 aliphatic heterocycles. The first-order chi connectivity index (χ1) is 14.2. The smallest absolute Gasteiger partial charge is 0.337 e. The first kappa shape index (κ1) is 19.6. The van der Waals surface area contributed by atoms with Gasteiger partial charge in [-0.15, -0.1) is 0 Å². The molecule has 6 heteroatoms. The van der Waals surface area contributed by atoms with Gasteiger partial charge in [0.05, 0.1) is 19.3 Å². The van der Waals surface area contributed by atoms with Gasteiger partial charge in [-0.2, -0.15) is 0 Å². The fourth-order valence-corrected chi connectivity index (χ4v) is 3.78. The van der Waals surface area contributed by atoms with E-state index >= 15 is 0 Å². The molecular weight excluding hydrogens is 370 g/mol. The van der Waals surface area contributed by atoms with Crippen LogP contribution in [0.1, 0.15) is 28.8 Å². The zero-order valence-electron chi connectivity index (χ0n) is 16.8. The Morgan fingerprint density at radius 2 is 1.83 bits per heavy atom. The van der Waals surface area contributed by atoms with Gasteiger partial charge in [0, 0.05) is 6.54 Å². The third-order valence-corrected chi connectivity index (χ3v) is 5.62. The molecule has 4 rings (SSSR count). The highest BCUT2D eigenvalue weighted by atomic mass is 16.7. The number of carbonyl (C=O) groups is 1. The van der Waals surface area contributed by atoms with Crippen LogP contribution < -0.4 is 14.2 Å². The lowest BCUT2D eigenvalue weighted by atomic mass is 9.97. The molecule has 154 valence electrons. The Labute approximate surface area is 171 Å². The first-order valence-electron chi connectivity index (χ1n) is 10.1. The van der Waals surface area contributed by atoms with E-state index in [1.807, 2.05) is 18.2 Å². The van der Waals surface area contributed by atoms with E-state index in [0.29, 0.717) is 24.9 Å². The van der Waals surface area contributed by atoms with Crippen LogP contribution in [0.2, 0.25) is 0 Å². The molecule has 0 amide bonds. The van der Waals surface area contributed by atoms with Crippen LogP contribution in [0.4, 0.5) is 0 Å². The Bertz CT molecular complexity index is 828. The summed E-state index contributed by atoms with van der Waals surface area (Å²) in [7, 11) is 1.38. The maximum Gasteiger partial charge on any atom is 0.337 e. The number of esters is 1. The molecule has 0 aromatic heterocycles. The monoisotopic (exact) mass is 397 g/mol. The largest absolute Gasteiger partial charge is 0.493 e. The summed E-state index contributed by atoms with van der Waals surface area (Å²) in [6, 6.07) is 13.3. The minimum atomic E-state index is -0.329. The lowest BCUT2D eigenvalue weighted by molar-refractivity contribution is 0.0600. The molecule has 0 radical (unpaired) electrons. The highest BCUT2D eigenvalue weighted by Crippen LogP contribution is 2.32. The fraction of sp³-hybridized carbons (Fsp3) is 0.435. The van der Waals surface area contributed by atoms with Crippen molar-refractivity contribution in [3.05, 3.63) is 53.6 Å². The van der Waals surface area contributed by atoms with Crippen molar-refractivity contribution < 1.29 is 23.7 Å². The van der Waals surface area contributed by atoms with E-state index in [9.17, 15) is 4.79 Å².